The van der Waals surface area contributed by atoms with E-state index in [0.29, 0.717) is 41.0 Å². The molecule has 0 aliphatic heterocycles. The lowest BCUT2D eigenvalue weighted by atomic mass is 10.1. The van der Waals surface area contributed by atoms with E-state index in [4.69, 9.17) is 9.47 Å². The molecule has 1 N–H and O–H groups in total. The Morgan fingerprint density at radius 3 is 2.51 bits per heavy atom. The van der Waals surface area contributed by atoms with Crippen molar-refractivity contribution in [2.45, 2.75) is 11.6 Å². The summed E-state index contributed by atoms with van der Waals surface area (Å²) in [5.74, 6) is 1.41. The quantitative estimate of drug-likeness (QED) is 0.328. The van der Waals surface area contributed by atoms with Gasteiger partial charge in [0, 0.05) is 18.3 Å². The summed E-state index contributed by atoms with van der Waals surface area (Å²) in [6.45, 7) is 0.452. The van der Waals surface area contributed by atoms with Crippen LogP contribution in [0.2, 0.25) is 0 Å². The van der Waals surface area contributed by atoms with Gasteiger partial charge >= 0.3 is 0 Å². The van der Waals surface area contributed by atoms with Gasteiger partial charge in [-0.3, -0.25) is 9.36 Å². The number of nitrogens with one attached hydrogen (secondary N) is 1. The molecule has 3 aromatic carbocycles. The summed E-state index contributed by atoms with van der Waals surface area (Å²) in [7, 11) is 3.20. The van der Waals surface area contributed by atoms with Crippen LogP contribution in [0.4, 0.5) is 4.39 Å². The normalized spacial score (nSPS) is 10.7. The highest BCUT2D eigenvalue weighted by Gasteiger charge is 2.19. The van der Waals surface area contributed by atoms with E-state index in [9.17, 15) is 9.18 Å². The summed E-state index contributed by atoms with van der Waals surface area (Å²) in [5.41, 5.74) is 2.10. The minimum Gasteiger partial charge on any atom is -0.497 e. The Hall–Kier alpha value is -3.85. The number of ether oxygens (including phenoxy) is 2. The highest BCUT2D eigenvalue weighted by atomic mass is 32.2. The summed E-state index contributed by atoms with van der Waals surface area (Å²) >= 11 is 1.24. The van der Waals surface area contributed by atoms with Crippen molar-refractivity contribution < 1.29 is 18.7 Å². The number of aromatic nitrogens is 3. The zero-order valence-corrected chi connectivity index (χ0v) is 20.2. The Morgan fingerprint density at radius 1 is 1.00 bits per heavy atom. The monoisotopic (exact) mass is 492 g/mol. The summed E-state index contributed by atoms with van der Waals surface area (Å²) in [6, 6.07) is 21.5. The van der Waals surface area contributed by atoms with Crippen molar-refractivity contribution in [1.29, 1.82) is 0 Å². The number of nitrogens with zero attached hydrogens (tertiary/aromatic N) is 3. The fraction of sp³-hybridized carbons (Fsp3) is 0.192. The SMILES string of the molecule is COc1ccc(CCNC(=O)CSc2nnc(-c3ccccc3F)n2-c2ccccc2)c(OC)c1. The van der Waals surface area contributed by atoms with Gasteiger partial charge in [-0.05, 0) is 42.3 Å². The van der Waals surface area contributed by atoms with Crippen LogP contribution < -0.4 is 14.8 Å². The first-order chi connectivity index (χ1) is 17.1. The predicted octanol–water partition coefficient (Wildman–Crippen LogP) is 4.54. The Kier molecular flexibility index (Phi) is 7.99. The maximum atomic E-state index is 14.5. The van der Waals surface area contributed by atoms with E-state index in [1.54, 1.807) is 37.0 Å². The first-order valence-electron chi connectivity index (χ1n) is 11.0. The van der Waals surface area contributed by atoms with Crippen LogP contribution in [0.5, 0.6) is 11.5 Å². The second-order valence-electron chi connectivity index (χ2n) is 7.52. The molecule has 0 radical (unpaired) electrons. The van der Waals surface area contributed by atoms with Crippen molar-refractivity contribution in [2.75, 3.05) is 26.5 Å². The van der Waals surface area contributed by atoms with E-state index >= 15 is 0 Å². The maximum Gasteiger partial charge on any atom is 0.230 e. The van der Waals surface area contributed by atoms with Crippen LogP contribution in [0.1, 0.15) is 5.56 Å². The molecule has 4 rings (SSSR count). The van der Waals surface area contributed by atoms with E-state index in [0.717, 1.165) is 11.3 Å². The number of halogens is 1. The van der Waals surface area contributed by atoms with Crippen molar-refractivity contribution >= 4 is 17.7 Å². The van der Waals surface area contributed by atoms with Crippen LogP contribution in [0, 0.1) is 5.82 Å². The summed E-state index contributed by atoms with van der Waals surface area (Å²) in [6.07, 6.45) is 0.612. The lowest BCUT2D eigenvalue weighted by molar-refractivity contribution is -0.118. The predicted molar refractivity (Wildman–Crippen MR) is 134 cm³/mol. The number of para-hydroxylation sites is 1. The van der Waals surface area contributed by atoms with Crippen molar-refractivity contribution in [1.82, 2.24) is 20.1 Å². The van der Waals surface area contributed by atoms with Crippen LogP contribution in [0.25, 0.3) is 17.1 Å². The van der Waals surface area contributed by atoms with Crippen LogP contribution in [0.15, 0.2) is 78.0 Å². The summed E-state index contributed by atoms with van der Waals surface area (Å²) in [5, 5.41) is 11.9. The zero-order valence-electron chi connectivity index (χ0n) is 19.4. The molecule has 9 heteroatoms. The van der Waals surface area contributed by atoms with Gasteiger partial charge in [-0.25, -0.2) is 4.39 Å². The van der Waals surface area contributed by atoms with Gasteiger partial charge < -0.3 is 14.8 Å². The van der Waals surface area contributed by atoms with Gasteiger partial charge in [0.1, 0.15) is 17.3 Å². The van der Waals surface area contributed by atoms with E-state index < -0.39 is 0 Å². The maximum absolute atomic E-state index is 14.5. The Morgan fingerprint density at radius 2 is 1.77 bits per heavy atom. The van der Waals surface area contributed by atoms with Gasteiger partial charge in [0.15, 0.2) is 11.0 Å². The molecular weight excluding hydrogens is 467 g/mol. The van der Waals surface area contributed by atoms with Crippen LogP contribution in [-0.4, -0.2) is 47.2 Å². The summed E-state index contributed by atoms with van der Waals surface area (Å²) in [4.78, 5) is 12.5. The van der Waals surface area contributed by atoms with Crippen molar-refractivity contribution in [2.24, 2.45) is 0 Å². The number of methoxy groups -OCH3 is 2. The number of thioether (sulfide) groups is 1. The Labute approximate surface area is 207 Å². The molecule has 0 unspecified atom stereocenters. The van der Waals surface area contributed by atoms with Crippen LogP contribution in [0.3, 0.4) is 0 Å². The topological polar surface area (TPSA) is 78.3 Å². The number of carbonyl (C=O) groups excluding carboxylic acids is 1. The fourth-order valence-corrected chi connectivity index (χ4v) is 4.35. The number of carbonyl (C=O) groups is 1. The smallest absolute Gasteiger partial charge is 0.230 e. The lowest BCUT2D eigenvalue weighted by Gasteiger charge is -2.12. The molecule has 180 valence electrons. The average Bonchev–Trinajstić information content (AvgIpc) is 3.32. The second-order valence-corrected chi connectivity index (χ2v) is 8.47. The molecule has 0 saturated carbocycles. The Bertz CT molecular complexity index is 1300. The fourth-order valence-electron chi connectivity index (χ4n) is 3.57. The van der Waals surface area contributed by atoms with Crippen LogP contribution >= 0.6 is 11.8 Å². The zero-order chi connectivity index (χ0) is 24.6. The first-order valence-corrected chi connectivity index (χ1v) is 12.0. The number of amides is 1. The van der Waals surface area contributed by atoms with Crippen LogP contribution in [-0.2, 0) is 11.2 Å². The third kappa shape index (κ3) is 5.81. The molecule has 1 amide bonds. The number of hydrogen-bond acceptors (Lipinski definition) is 6. The highest BCUT2D eigenvalue weighted by molar-refractivity contribution is 7.99. The molecule has 0 fully saturated rings. The van der Waals surface area contributed by atoms with Gasteiger partial charge in [-0.2, -0.15) is 0 Å². The molecule has 0 spiro atoms. The second kappa shape index (κ2) is 11.5. The third-order valence-electron chi connectivity index (χ3n) is 5.31. The van der Waals surface area contributed by atoms with Gasteiger partial charge in [-0.15, -0.1) is 10.2 Å². The molecule has 7 nitrogen and oxygen atoms in total. The van der Waals surface area contributed by atoms with Gasteiger partial charge in [0.2, 0.25) is 5.91 Å². The van der Waals surface area contributed by atoms with Gasteiger partial charge in [0.25, 0.3) is 0 Å². The lowest BCUT2D eigenvalue weighted by Crippen LogP contribution is -2.27. The van der Waals surface area contributed by atoms with E-state index in [2.05, 4.69) is 15.5 Å². The van der Waals surface area contributed by atoms with Crippen molar-refractivity contribution in [3.8, 4) is 28.6 Å². The van der Waals surface area contributed by atoms with Crippen molar-refractivity contribution in [3.05, 3.63) is 84.2 Å². The highest BCUT2D eigenvalue weighted by Crippen LogP contribution is 2.29. The molecule has 0 bridgehead atoms. The molecule has 0 atom stereocenters. The number of benzene rings is 3. The van der Waals surface area contributed by atoms with E-state index in [-0.39, 0.29) is 17.5 Å². The van der Waals surface area contributed by atoms with Gasteiger partial charge in [0.05, 0.1) is 25.5 Å². The minimum atomic E-state index is -0.389. The van der Waals surface area contributed by atoms with Gasteiger partial charge in [-0.1, -0.05) is 48.2 Å². The van der Waals surface area contributed by atoms with E-state index in [1.165, 1.54) is 17.8 Å². The molecule has 0 saturated heterocycles. The molecule has 35 heavy (non-hydrogen) atoms. The molecule has 0 aliphatic carbocycles. The molecule has 0 aliphatic rings. The summed E-state index contributed by atoms with van der Waals surface area (Å²) < 4.78 is 26.9. The largest absolute Gasteiger partial charge is 0.497 e. The van der Waals surface area contributed by atoms with E-state index in [1.807, 2.05) is 48.5 Å². The minimum absolute atomic E-state index is 0.141. The third-order valence-corrected chi connectivity index (χ3v) is 6.23. The van der Waals surface area contributed by atoms with Crippen molar-refractivity contribution in [3.63, 3.8) is 0 Å². The molecule has 4 aromatic rings. The number of hydrogen-bond donors (Lipinski definition) is 1. The number of rotatable bonds is 10. The first kappa shape index (κ1) is 24.3. The average molecular weight is 493 g/mol. The Balaban J connectivity index is 1.43. The molecular formula is C26H25FN4O3S. The molecule has 1 heterocycles. The molecule has 1 aromatic heterocycles. The standard InChI is InChI=1S/C26H25FN4O3S/c1-33-20-13-12-18(23(16-20)34-2)14-15-28-24(32)17-35-26-30-29-25(21-10-6-7-11-22(21)27)31(26)19-8-4-3-5-9-19/h3-13,16H,14-15,17H2,1-2H3,(H,28,32).